The van der Waals surface area contributed by atoms with Crippen molar-refractivity contribution < 1.29 is 29.0 Å². The van der Waals surface area contributed by atoms with Crippen molar-refractivity contribution in [2.45, 2.75) is 88.5 Å². The van der Waals surface area contributed by atoms with E-state index in [0.717, 1.165) is 0 Å². The maximum absolute atomic E-state index is 13.8. The summed E-state index contributed by atoms with van der Waals surface area (Å²) in [5, 5.41) is 13.2. The fourth-order valence-corrected chi connectivity index (χ4v) is 6.47. The highest BCUT2D eigenvalue weighted by Gasteiger charge is 2.77. The lowest BCUT2D eigenvalue weighted by Crippen LogP contribution is -2.60. The number of nitrogens with zero attached hydrogens (tertiary/aromatic N) is 1. The molecule has 1 spiro atoms. The van der Waals surface area contributed by atoms with Gasteiger partial charge in [0.05, 0.1) is 37.2 Å². The molecular weight excluding hydrogens is 468 g/mol. The Morgan fingerprint density at radius 2 is 2.03 bits per heavy atom. The molecule has 3 fully saturated rings. The summed E-state index contributed by atoms with van der Waals surface area (Å²) >= 11 is 3.62. The maximum Gasteiger partial charge on any atom is 0.312 e. The first-order valence-electron chi connectivity index (χ1n) is 11.1. The van der Waals surface area contributed by atoms with Crippen molar-refractivity contribution in [3.05, 3.63) is 0 Å². The molecule has 9 heteroatoms. The summed E-state index contributed by atoms with van der Waals surface area (Å²) in [6.07, 6.45) is 0.441. The van der Waals surface area contributed by atoms with Gasteiger partial charge in [-0.25, -0.2) is 0 Å². The van der Waals surface area contributed by atoms with Crippen LogP contribution < -0.4 is 5.32 Å². The Bertz CT molecular complexity index is 738. The third-order valence-corrected chi connectivity index (χ3v) is 7.22. The minimum atomic E-state index is -1.13. The lowest BCUT2D eigenvalue weighted by molar-refractivity contribution is -0.155. The summed E-state index contributed by atoms with van der Waals surface area (Å²) < 4.78 is 11.7. The lowest BCUT2D eigenvalue weighted by Gasteiger charge is -2.38. The molecule has 0 aromatic carbocycles. The molecule has 3 saturated heterocycles. The van der Waals surface area contributed by atoms with Crippen LogP contribution in [0.3, 0.4) is 0 Å². The second-order valence-electron chi connectivity index (χ2n) is 10.4. The number of hydrogen-bond acceptors (Lipinski definition) is 6. The number of ether oxygens (including phenoxy) is 2. The van der Waals surface area contributed by atoms with Crippen molar-refractivity contribution in [1.29, 1.82) is 0 Å². The zero-order valence-corrected chi connectivity index (χ0v) is 20.8. The van der Waals surface area contributed by atoms with Crippen molar-refractivity contribution >= 4 is 33.7 Å². The number of carbonyl (C=O) groups excluding carboxylic acids is 3. The summed E-state index contributed by atoms with van der Waals surface area (Å²) in [7, 11) is 0. The van der Waals surface area contributed by atoms with Crippen molar-refractivity contribution in [1.82, 2.24) is 10.2 Å². The minimum Gasteiger partial charge on any atom is -0.466 e. The van der Waals surface area contributed by atoms with Crippen LogP contribution in [-0.4, -0.2) is 75.2 Å². The van der Waals surface area contributed by atoms with Gasteiger partial charge in [0.25, 0.3) is 0 Å². The number of aliphatic hydroxyl groups excluding tert-OH is 1. The Kier molecular flexibility index (Phi) is 6.81. The number of alkyl halides is 1. The van der Waals surface area contributed by atoms with E-state index >= 15 is 0 Å². The van der Waals surface area contributed by atoms with Gasteiger partial charge in [-0.3, -0.25) is 14.4 Å². The van der Waals surface area contributed by atoms with E-state index in [1.165, 1.54) is 4.90 Å². The molecule has 0 aromatic rings. The Labute approximate surface area is 192 Å². The monoisotopic (exact) mass is 502 g/mol. The van der Waals surface area contributed by atoms with Crippen molar-refractivity contribution in [2.24, 2.45) is 17.8 Å². The Morgan fingerprint density at radius 3 is 2.55 bits per heavy atom. The van der Waals surface area contributed by atoms with Gasteiger partial charge in [0, 0.05) is 10.4 Å². The molecule has 176 valence electrons. The molecule has 0 radical (unpaired) electrons. The highest BCUT2D eigenvalue weighted by molar-refractivity contribution is 9.09. The van der Waals surface area contributed by atoms with Gasteiger partial charge in [0.15, 0.2) is 0 Å². The minimum absolute atomic E-state index is 0.173. The molecule has 31 heavy (non-hydrogen) atoms. The van der Waals surface area contributed by atoms with Crippen LogP contribution in [0.4, 0.5) is 0 Å². The average Bonchev–Trinajstić information content (AvgIpc) is 3.22. The highest BCUT2D eigenvalue weighted by Crippen LogP contribution is 2.60. The first-order valence-corrected chi connectivity index (χ1v) is 12.0. The topological polar surface area (TPSA) is 105 Å². The smallest absolute Gasteiger partial charge is 0.312 e. The van der Waals surface area contributed by atoms with Gasteiger partial charge in [-0.15, -0.1) is 0 Å². The van der Waals surface area contributed by atoms with Crippen LogP contribution in [-0.2, 0) is 23.9 Å². The van der Waals surface area contributed by atoms with E-state index in [9.17, 15) is 19.5 Å². The van der Waals surface area contributed by atoms with E-state index in [0.29, 0.717) is 12.8 Å². The SMILES string of the molecule is CCOC(=O)[C@@H]1[C@H]2O[C@@]3(CC2Br)[C@H](C(=O)NC(C)(C)C)N([C@@H](CO)CC(C)C)C(=O)[C@@H]13. The molecule has 3 aliphatic heterocycles. The van der Waals surface area contributed by atoms with Crippen LogP contribution in [0.25, 0.3) is 0 Å². The molecule has 0 aromatic heterocycles. The molecule has 7 atom stereocenters. The first-order chi connectivity index (χ1) is 14.4. The van der Waals surface area contributed by atoms with Crippen LogP contribution in [0.1, 0.15) is 54.4 Å². The summed E-state index contributed by atoms with van der Waals surface area (Å²) in [4.78, 5) is 41.5. The van der Waals surface area contributed by atoms with Crippen LogP contribution in [0.15, 0.2) is 0 Å². The molecule has 2 bridgehead atoms. The van der Waals surface area contributed by atoms with Gasteiger partial charge in [-0.1, -0.05) is 29.8 Å². The number of esters is 1. The lowest BCUT2D eigenvalue weighted by atomic mass is 9.70. The van der Waals surface area contributed by atoms with E-state index in [1.807, 2.05) is 34.6 Å². The van der Waals surface area contributed by atoms with Gasteiger partial charge in [-0.05, 0) is 46.5 Å². The molecule has 3 heterocycles. The summed E-state index contributed by atoms with van der Waals surface area (Å²) in [5.41, 5.74) is -1.65. The van der Waals surface area contributed by atoms with Crippen LogP contribution in [0.2, 0.25) is 0 Å². The number of nitrogens with one attached hydrogen (secondary N) is 1. The van der Waals surface area contributed by atoms with Crippen LogP contribution >= 0.6 is 15.9 Å². The van der Waals surface area contributed by atoms with Gasteiger partial charge in [0.2, 0.25) is 11.8 Å². The molecule has 0 aliphatic carbocycles. The second kappa shape index (κ2) is 8.63. The van der Waals surface area contributed by atoms with Gasteiger partial charge < -0.3 is 24.8 Å². The van der Waals surface area contributed by atoms with E-state index in [-0.39, 0.29) is 35.8 Å². The maximum atomic E-state index is 13.8. The molecule has 8 nitrogen and oxygen atoms in total. The fourth-order valence-electron chi connectivity index (χ4n) is 5.53. The van der Waals surface area contributed by atoms with E-state index in [4.69, 9.17) is 9.47 Å². The molecule has 0 saturated carbocycles. The zero-order chi connectivity index (χ0) is 23.3. The number of halogens is 1. The summed E-state index contributed by atoms with van der Waals surface area (Å²) in [6, 6.07) is -1.47. The molecule has 2 N–H and O–H groups in total. The van der Waals surface area contributed by atoms with Gasteiger partial charge in [-0.2, -0.15) is 0 Å². The Balaban J connectivity index is 2.09. The predicted molar refractivity (Wildman–Crippen MR) is 117 cm³/mol. The Morgan fingerprint density at radius 1 is 1.39 bits per heavy atom. The fraction of sp³-hybridized carbons (Fsp3) is 0.864. The van der Waals surface area contributed by atoms with Crippen molar-refractivity contribution in [3.63, 3.8) is 0 Å². The molecular formula is C22H35BrN2O6. The number of rotatable bonds is 7. The third kappa shape index (κ3) is 4.13. The van der Waals surface area contributed by atoms with Crippen molar-refractivity contribution in [3.8, 4) is 0 Å². The zero-order valence-electron chi connectivity index (χ0n) is 19.2. The molecule has 1 unspecified atom stereocenters. The number of hydrogen-bond donors (Lipinski definition) is 2. The normalized spacial score (nSPS) is 35.5. The summed E-state index contributed by atoms with van der Waals surface area (Å²) in [6.45, 7) is 11.3. The first kappa shape index (κ1) is 24.5. The number of fused-ring (bicyclic) bond motifs is 1. The number of likely N-dealkylation sites (tertiary alicyclic amines) is 1. The standard InChI is InChI=1S/C22H35BrN2O6/c1-7-30-20(29)14-15-19(28)25(12(10-26)8-11(2)3)17(18(27)24-21(4,5)6)22(15)9-13(23)16(14)31-22/h11-17,26H,7-10H2,1-6H3,(H,24,27)/t12-,13?,14+,15-,16+,17+,22-/m1/s1. The van der Waals surface area contributed by atoms with Crippen molar-refractivity contribution in [2.75, 3.05) is 13.2 Å². The third-order valence-electron chi connectivity index (χ3n) is 6.38. The quantitative estimate of drug-likeness (QED) is 0.404. The largest absolute Gasteiger partial charge is 0.466 e. The van der Waals surface area contributed by atoms with Gasteiger partial charge >= 0.3 is 5.97 Å². The molecule has 3 rings (SSSR count). The second-order valence-corrected chi connectivity index (χ2v) is 11.5. The van der Waals surface area contributed by atoms with E-state index in [2.05, 4.69) is 21.2 Å². The molecule has 2 amide bonds. The highest BCUT2D eigenvalue weighted by atomic mass is 79.9. The number of aliphatic hydroxyl groups is 1. The Hall–Kier alpha value is -1.19. The number of amides is 2. The number of carbonyl (C=O) groups is 3. The summed E-state index contributed by atoms with van der Waals surface area (Å²) in [5.74, 6) is -2.49. The average molecular weight is 503 g/mol. The van der Waals surface area contributed by atoms with Crippen LogP contribution in [0, 0.1) is 17.8 Å². The van der Waals surface area contributed by atoms with Crippen LogP contribution in [0.5, 0.6) is 0 Å². The van der Waals surface area contributed by atoms with E-state index < -0.39 is 47.1 Å². The van der Waals surface area contributed by atoms with E-state index in [1.54, 1.807) is 6.92 Å². The molecule has 3 aliphatic rings. The predicted octanol–water partition coefficient (Wildman–Crippen LogP) is 1.62. The van der Waals surface area contributed by atoms with Gasteiger partial charge in [0.1, 0.15) is 11.6 Å².